The highest BCUT2D eigenvalue weighted by Crippen LogP contribution is 2.24. The number of amides is 1. The summed E-state index contributed by atoms with van der Waals surface area (Å²) >= 11 is 0. The van der Waals surface area contributed by atoms with Gasteiger partial charge in [0.1, 0.15) is 0 Å². The topological polar surface area (TPSA) is 50.4 Å². The van der Waals surface area contributed by atoms with Crippen LogP contribution >= 0.6 is 0 Å². The monoisotopic (exact) mass is 240 g/mol. The smallest absolute Gasteiger partial charge is 0.223 e. The highest BCUT2D eigenvalue weighted by Gasteiger charge is 2.33. The molecule has 2 atom stereocenters. The first-order valence-corrected chi connectivity index (χ1v) is 6.63. The molecule has 4 heteroatoms. The van der Waals surface area contributed by atoms with Gasteiger partial charge < -0.3 is 15.4 Å². The van der Waals surface area contributed by atoms with Gasteiger partial charge in [0.05, 0.1) is 5.60 Å². The van der Waals surface area contributed by atoms with Crippen LogP contribution in [0.3, 0.4) is 0 Å². The third-order valence-corrected chi connectivity index (χ3v) is 3.98. The summed E-state index contributed by atoms with van der Waals surface area (Å²) in [5, 5.41) is 6.39. The van der Waals surface area contributed by atoms with E-state index in [1.165, 1.54) is 0 Å². The molecule has 2 aliphatic rings. The number of hydrogen-bond acceptors (Lipinski definition) is 3. The van der Waals surface area contributed by atoms with Gasteiger partial charge in [-0.15, -0.1) is 0 Å². The van der Waals surface area contributed by atoms with Crippen molar-refractivity contribution in [1.82, 2.24) is 10.6 Å². The molecular formula is C13H24N2O2. The Morgan fingerprint density at radius 3 is 2.71 bits per heavy atom. The summed E-state index contributed by atoms with van der Waals surface area (Å²) in [6.07, 6.45) is 1.85. The zero-order valence-electron chi connectivity index (χ0n) is 11.1. The molecule has 0 spiro atoms. The van der Waals surface area contributed by atoms with Gasteiger partial charge in [-0.05, 0) is 45.7 Å². The van der Waals surface area contributed by atoms with Crippen LogP contribution in [0, 0.1) is 11.8 Å². The fourth-order valence-electron chi connectivity index (χ4n) is 2.57. The Balaban J connectivity index is 1.81. The minimum atomic E-state index is -0.0997. The van der Waals surface area contributed by atoms with Crippen LogP contribution in [0.15, 0.2) is 0 Å². The molecule has 2 saturated heterocycles. The molecule has 0 radical (unpaired) electrons. The molecule has 1 amide bonds. The van der Waals surface area contributed by atoms with E-state index >= 15 is 0 Å². The molecule has 0 bridgehead atoms. The van der Waals surface area contributed by atoms with E-state index in [0.29, 0.717) is 5.92 Å². The summed E-state index contributed by atoms with van der Waals surface area (Å²) < 4.78 is 5.66. The summed E-state index contributed by atoms with van der Waals surface area (Å²) in [7, 11) is 0. The summed E-state index contributed by atoms with van der Waals surface area (Å²) in [6.45, 7) is 8.92. The van der Waals surface area contributed by atoms with E-state index in [9.17, 15) is 4.79 Å². The number of ether oxygens (including phenoxy) is 1. The lowest BCUT2D eigenvalue weighted by atomic mass is 9.87. The summed E-state index contributed by atoms with van der Waals surface area (Å²) in [5.41, 5.74) is -0.0997. The first-order valence-electron chi connectivity index (χ1n) is 6.63. The van der Waals surface area contributed by atoms with Gasteiger partial charge in [-0.25, -0.2) is 0 Å². The van der Waals surface area contributed by atoms with Crippen molar-refractivity contribution in [3.63, 3.8) is 0 Å². The highest BCUT2D eigenvalue weighted by atomic mass is 16.5. The molecule has 2 heterocycles. The van der Waals surface area contributed by atoms with Gasteiger partial charge in [0.2, 0.25) is 5.91 Å². The number of hydrogen-bond donors (Lipinski definition) is 2. The average Bonchev–Trinajstić information content (AvgIpc) is 2.12. The molecule has 2 aliphatic heterocycles. The van der Waals surface area contributed by atoms with E-state index in [1.807, 2.05) is 6.92 Å². The van der Waals surface area contributed by atoms with Crippen LogP contribution in [0.1, 0.15) is 33.6 Å². The second-order valence-corrected chi connectivity index (χ2v) is 6.01. The van der Waals surface area contributed by atoms with Gasteiger partial charge in [0.15, 0.2) is 0 Å². The van der Waals surface area contributed by atoms with E-state index < -0.39 is 0 Å². The molecule has 98 valence electrons. The lowest BCUT2D eigenvalue weighted by Gasteiger charge is -2.37. The van der Waals surface area contributed by atoms with Gasteiger partial charge in [0, 0.05) is 18.6 Å². The molecule has 0 aromatic carbocycles. The minimum Gasteiger partial charge on any atom is -0.375 e. The number of carbonyl (C=O) groups is 1. The van der Waals surface area contributed by atoms with Crippen LogP contribution < -0.4 is 10.6 Å². The third kappa shape index (κ3) is 3.19. The van der Waals surface area contributed by atoms with Crippen molar-refractivity contribution in [2.45, 2.75) is 45.3 Å². The van der Waals surface area contributed by atoms with Crippen LogP contribution in [-0.2, 0) is 9.53 Å². The second kappa shape index (κ2) is 4.94. The number of carbonyl (C=O) groups excluding carboxylic acids is 1. The summed E-state index contributed by atoms with van der Waals surface area (Å²) in [4.78, 5) is 12.1. The molecule has 0 aliphatic carbocycles. The number of nitrogens with one attached hydrogen (secondary N) is 2. The molecule has 2 fully saturated rings. The minimum absolute atomic E-state index is 0.0997. The van der Waals surface area contributed by atoms with Gasteiger partial charge >= 0.3 is 0 Å². The van der Waals surface area contributed by atoms with E-state index in [0.717, 1.165) is 32.5 Å². The van der Waals surface area contributed by atoms with Crippen molar-refractivity contribution < 1.29 is 9.53 Å². The molecule has 2 N–H and O–H groups in total. The Morgan fingerprint density at radius 1 is 1.47 bits per heavy atom. The maximum atomic E-state index is 12.1. The largest absolute Gasteiger partial charge is 0.375 e. The van der Waals surface area contributed by atoms with Crippen molar-refractivity contribution in [3.05, 3.63) is 0 Å². The predicted molar refractivity (Wildman–Crippen MR) is 66.7 cm³/mol. The lowest BCUT2D eigenvalue weighted by molar-refractivity contribution is -0.129. The van der Waals surface area contributed by atoms with Crippen molar-refractivity contribution in [1.29, 1.82) is 0 Å². The Bertz CT molecular complexity index is 287. The third-order valence-electron chi connectivity index (χ3n) is 3.98. The Labute approximate surface area is 103 Å². The van der Waals surface area contributed by atoms with E-state index in [-0.39, 0.29) is 23.5 Å². The number of rotatable bonds is 3. The molecule has 2 rings (SSSR count). The Morgan fingerprint density at radius 2 is 2.18 bits per heavy atom. The maximum Gasteiger partial charge on any atom is 0.223 e. The molecule has 0 aromatic heterocycles. The van der Waals surface area contributed by atoms with E-state index in [2.05, 4.69) is 24.5 Å². The molecule has 4 nitrogen and oxygen atoms in total. The highest BCUT2D eigenvalue weighted by molar-refractivity contribution is 5.79. The standard InChI is InChI=1S/C13H24N2O2/c1-9(10-7-14-8-10)12(16)15-11-4-5-17-13(2,3)6-11/h9-11,14H,4-8H2,1-3H3,(H,15,16). The van der Waals surface area contributed by atoms with Crippen molar-refractivity contribution in [2.75, 3.05) is 19.7 Å². The summed E-state index contributed by atoms with van der Waals surface area (Å²) in [6, 6.07) is 0.279. The van der Waals surface area contributed by atoms with Gasteiger partial charge in [-0.2, -0.15) is 0 Å². The molecular weight excluding hydrogens is 216 g/mol. The van der Waals surface area contributed by atoms with Crippen LogP contribution in [0.25, 0.3) is 0 Å². The SMILES string of the molecule is CC(C(=O)NC1CCOC(C)(C)C1)C1CNC1. The van der Waals surface area contributed by atoms with Crippen molar-refractivity contribution >= 4 is 5.91 Å². The molecule has 0 saturated carbocycles. The molecule has 0 aromatic rings. The molecule has 17 heavy (non-hydrogen) atoms. The van der Waals surface area contributed by atoms with Crippen molar-refractivity contribution in [2.24, 2.45) is 11.8 Å². The Kier molecular flexibility index (Phi) is 3.73. The quantitative estimate of drug-likeness (QED) is 0.771. The first kappa shape index (κ1) is 12.8. The Hall–Kier alpha value is -0.610. The van der Waals surface area contributed by atoms with Crippen LogP contribution in [-0.4, -0.2) is 37.2 Å². The van der Waals surface area contributed by atoms with Gasteiger partial charge in [-0.3, -0.25) is 4.79 Å². The maximum absolute atomic E-state index is 12.1. The van der Waals surface area contributed by atoms with Crippen LogP contribution in [0.2, 0.25) is 0 Å². The van der Waals surface area contributed by atoms with E-state index in [4.69, 9.17) is 4.74 Å². The summed E-state index contributed by atoms with van der Waals surface area (Å²) in [5.74, 6) is 0.851. The second-order valence-electron chi connectivity index (χ2n) is 6.01. The van der Waals surface area contributed by atoms with Gasteiger partial charge in [0.25, 0.3) is 0 Å². The fourth-order valence-corrected chi connectivity index (χ4v) is 2.57. The van der Waals surface area contributed by atoms with Crippen LogP contribution in [0.5, 0.6) is 0 Å². The van der Waals surface area contributed by atoms with Crippen molar-refractivity contribution in [3.8, 4) is 0 Å². The molecule has 2 unspecified atom stereocenters. The fraction of sp³-hybridized carbons (Fsp3) is 0.923. The zero-order valence-corrected chi connectivity index (χ0v) is 11.1. The normalized spacial score (nSPS) is 30.4. The van der Waals surface area contributed by atoms with Gasteiger partial charge in [-0.1, -0.05) is 6.92 Å². The van der Waals surface area contributed by atoms with E-state index in [1.54, 1.807) is 0 Å². The lowest BCUT2D eigenvalue weighted by Crippen LogP contribution is -2.52. The van der Waals surface area contributed by atoms with Crippen LogP contribution in [0.4, 0.5) is 0 Å². The zero-order chi connectivity index (χ0) is 12.5. The first-order chi connectivity index (χ1) is 7.98. The average molecular weight is 240 g/mol. The predicted octanol–water partition coefficient (Wildman–Crippen LogP) is 0.916.